The summed E-state index contributed by atoms with van der Waals surface area (Å²) in [7, 11) is 0. The molecule has 0 spiro atoms. The molecule has 20 heavy (non-hydrogen) atoms. The summed E-state index contributed by atoms with van der Waals surface area (Å²) in [5, 5.41) is 20.9. The van der Waals surface area contributed by atoms with Crippen molar-refractivity contribution in [2.45, 2.75) is 12.6 Å². The van der Waals surface area contributed by atoms with E-state index in [0.29, 0.717) is 12.1 Å². The summed E-state index contributed by atoms with van der Waals surface area (Å²) >= 11 is 0. The van der Waals surface area contributed by atoms with Crippen molar-refractivity contribution >= 4 is 23.3 Å². The SMILES string of the molecule is O=C(O)CC(=O)Nc1ccc(C(F)(F)F)cc1[N+](=O)[O-]. The second-order valence-corrected chi connectivity index (χ2v) is 3.61. The minimum atomic E-state index is -4.77. The molecule has 0 aliphatic heterocycles. The molecular formula is C10H7F3N2O5. The standard InChI is InChI=1S/C10H7F3N2O5/c11-10(12,13)5-1-2-6(7(3-5)15(19)20)14-8(16)4-9(17)18/h1-3H,4H2,(H,14,16)(H,17,18). The van der Waals surface area contributed by atoms with Gasteiger partial charge < -0.3 is 10.4 Å². The number of hydrogen-bond donors (Lipinski definition) is 2. The average Bonchev–Trinajstić information content (AvgIpc) is 2.26. The second kappa shape index (κ2) is 5.55. The van der Waals surface area contributed by atoms with Crippen molar-refractivity contribution in [3.63, 3.8) is 0 Å². The molecule has 0 unspecified atom stereocenters. The Morgan fingerprint density at radius 1 is 1.35 bits per heavy atom. The van der Waals surface area contributed by atoms with E-state index in [9.17, 15) is 32.9 Å². The fourth-order valence-corrected chi connectivity index (χ4v) is 1.30. The van der Waals surface area contributed by atoms with Gasteiger partial charge in [-0.2, -0.15) is 13.2 Å². The highest BCUT2D eigenvalue weighted by atomic mass is 19.4. The predicted molar refractivity (Wildman–Crippen MR) is 59.0 cm³/mol. The maximum absolute atomic E-state index is 12.4. The van der Waals surface area contributed by atoms with Crippen LogP contribution in [-0.2, 0) is 15.8 Å². The van der Waals surface area contributed by atoms with Gasteiger partial charge >= 0.3 is 12.1 Å². The van der Waals surface area contributed by atoms with E-state index in [-0.39, 0.29) is 6.07 Å². The number of carbonyl (C=O) groups excluding carboxylic acids is 1. The molecule has 1 amide bonds. The van der Waals surface area contributed by atoms with Gasteiger partial charge in [0.05, 0.1) is 10.5 Å². The van der Waals surface area contributed by atoms with Gasteiger partial charge in [-0.15, -0.1) is 0 Å². The number of halogens is 3. The summed E-state index contributed by atoms with van der Waals surface area (Å²) in [6, 6.07) is 1.50. The molecule has 0 fully saturated rings. The van der Waals surface area contributed by atoms with Crippen LogP contribution in [0.1, 0.15) is 12.0 Å². The lowest BCUT2D eigenvalue weighted by atomic mass is 10.1. The third-order valence-corrected chi connectivity index (χ3v) is 2.11. The number of amides is 1. The third kappa shape index (κ3) is 3.93. The molecule has 1 aromatic carbocycles. The highest BCUT2D eigenvalue weighted by molar-refractivity contribution is 6.02. The van der Waals surface area contributed by atoms with Crippen LogP contribution in [0.4, 0.5) is 24.5 Å². The molecule has 7 nitrogen and oxygen atoms in total. The molecule has 0 aliphatic carbocycles. The molecular weight excluding hydrogens is 285 g/mol. The van der Waals surface area contributed by atoms with E-state index in [1.54, 1.807) is 0 Å². The Morgan fingerprint density at radius 3 is 2.40 bits per heavy atom. The fraction of sp³-hybridized carbons (Fsp3) is 0.200. The average molecular weight is 292 g/mol. The van der Waals surface area contributed by atoms with Crippen molar-refractivity contribution in [3.8, 4) is 0 Å². The molecule has 0 bridgehead atoms. The van der Waals surface area contributed by atoms with Crippen LogP contribution < -0.4 is 5.32 Å². The summed E-state index contributed by atoms with van der Waals surface area (Å²) in [5.41, 5.74) is -2.73. The zero-order valence-electron chi connectivity index (χ0n) is 9.60. The number of nitrogens with zero attached hydrogens (tertiary/aromatic N) is 1. The smallest absolute Gasteiger partial charge is 0.416 e. The highest BCUT2D eigenvalue weighted by Crippen LogP contribution is 2.34. The minimum Gasteiger partial charge on any atom is -0.481 e. The molecule has 0 saturated carbocycles. The summed E-state index contributed by atoms with van der Waals surface area (Å²) in [5.74, 6) is -2.56. The molecule has 0 saturated heterocycles. The van der Waals surface area contributed by atoms with Crippen molar-refractivity contribution in [3.05, 3.63) is 33.9 Å². The molecule has 0 radical (unpaired) electrons. The van der Waals surface area contributed by atoms with E-state index in [0.717, 1.165) is 0 Å². The van der Waals surface area contributed by atoms with Gasteiger partial charge in [0.1, 0.15) is 12.1 Å². The first-order valence-corrected chi connectivity index (χ1v) is 4.98. The van der Waals surface area contributed by atoms with E-state index in [1.165, 1.54) is 0 Å². The van der Waals surface area contributed by atoms with E-state index in [4.69, 9.17) is 5.11 Å². The zero-order valence-corrected chi connectivity index (χ0v) is 9.60. The third-order valence-electron chi connectivity index (χ3n) is 2.11. The van der Waals surface area contributed by atoms with E-state index in [2.05, 4.69) is 0 Å². The first-order valence-electron chi connectivity index (χ1n) is 4.98. The summed E-state index contributed by atoms with van der Waals surface area (Å²) in [4.78, 5) is 31.0. The maximum atomic E-state index is 12.4. The number of nitro benzene ring substituents is 1. The van der Waals surface area contributed by atoms with Crippen molar-refractivity contribution in [2.24, 2.45) is 0 Å². The minimum absolute atomic E-state index is 0.260. The van der Waals surface area contributed by atoms with Gasteiger partial charge in [-0.25, -0.2) is 0 Å². The number of carbonyl (C=O) groups is 2. The first kappa shape index (κ1) is 15.4. The summed E-state index contributed by atoms with van der Waals surface area (Å²) < 4.78 is 37.2. The van der Waals surface area contributed by atoms with Gasteiger partial charge in [-0.05, 0) is 12.1 Å². The largest absolute Gasteiger partial charge is 0.481 e. The lowest BCUT2D eigenvalue weighted by Gasteiger charge is -2.09. The fourth-order valence-electron chi connectivity index (χ4n) is 1.30. The second-order valence-electron chi connectivity index (χ2n) is 3.61. The molecule has 0 aliphatic rings. The van der Waals surface area contributed by atoms with Gasteiger partial charge in [0, 0.05) is 6.07 Å². The van der Waals surface area contributed by atoms with Crippen LogP contribution in [0.15, 0.2) is 18.2 Å². The van der Waals surface area contributed by atoms with Crippen molar-refractivity contribution in [1.29, 1.82) is 0 Å². The van der Waals surface area contributed by atoms with Crippen LogP contribution in [0.25, 0.3) is 0 Å². The van der Waals surface area contributed by atoms with E-state index < -0.39 is 46.3 Å². The van der Waals surface area contributed by atoms with Gasteiger partial charge in [-0.3, -0.25) is 19.7 Å². The molecule has 0 heterocycles. The Hall–Kier alpha value is -2.65. The number of aliphatic carboxylic acids is 1. The number of nitro groups is 1. The van der Waals surface area contributed by atoms with Crippen LogP contribution in [-0.4, -0.2) is 21.9 Å². The van der Waals surface area contributed by atoms with Gasteiger partial charge in [0.2, 0.25) is 5.91 Å². The van der Waals surface area contributed by atoms with Crippen LogP contribution >= 0.6 is 0 Å². The number of hydrogen-bond acceptors (Lipinski definition) is 4. The Bertz CT molecular complexity index is 571. The Balaban J connectivity index is 3.11. The van der Waals surface area contributed by atoms with Gasteiger partial charge in [0.25, 0.3) is 5.69 Å². The van der Waals surface area contributed by atoms with E-state index in [1.807, 2.05) is 5.32 Å². The Kier molecular flexibility index (Phi) is 4.27. The number of carboxylic acids is 1. The maximum Gasteiger partial charge on any atom is 0.416 e. The predicted octanol–water partition coefficient (Wildman–Crippen LogP) is 2.03. The van der Waals surface area contributed by atoms with Gasteiger partial charge in [-0.1, -0.05) is 0 Å². The lowest BCUT2D eigenvalue weighted by molar-refractivity contribution is -0.384. The Labute approximate surface area is 109 Å². The zero-order chi connectivity index (χ0) is 15.5. The lowest BCUT2D eigenvalue weighted by Crippen LogP contribution is -2.17. The van der Waals surface area contributed by atoms with Crippen LogP contribution in [0.2, 0.25) is 0 Å². The topological polar surface area (TPSA) is 110 Å². The number of alkyl halides is 3. The number of rotatable bonds is 4. The Morgan fingerprint density at radius 2 is 1.95 bits per heavy atom. The molecule has 10 heteroatoms. The quantitative estimate of drug-likeness (QED) is 0.501. The van der Waals surface area contributed by atoms with Crippen LogP contribution in [0.3, 0.4) is 0 Å². The number of carboxylic acid groups (broad SMARTS) is 1. The monoisotopic (exact) mass is 292 g/mol. The van der Waals surface area contributed by atoms with Crippen molar-refractivity contribution in [2.75, 3.05) is 5.32 Å². The van der Waals surface area contributed by atoms with Crippen molar-refractivity contribution < 1.29 is 32.8 Å². The molecule has 108 valence electrons. The van der Waals surface area contributed by atoms with Crippen molar-refractivity contribution in [1.82, 2.24) is 0 Å². The number of anilines is 1. The molecule has 0 atom stereocenters. The molecule has 2 N–H and O–H groups in total. The summed E-state index contributed by atoms with van der Waals surface area (Å²) in [6.45, 7) is 0. The molecule has 1 aromatic rings. The van der Waals surface area contributed by atoms with Gasteiger partial charge in [0.15, 0.2) is 0 Å². The molecule has 1 rings (SSSR count). The van der Waals surface area contributed by atoms with E-state index >= 15 is 0 Å². The van der Waals surface area contributed by atoms with Crippen LogP contribution in [0.5, 0.6) is 0 Å². The summed E-state index contributed by atoms with van der Waals surface area (Å²) in [6.07, 6.45) is -5.73. The number of benzene rings is 1. The number of nitrogens with one attached hydrogen (secondary N) is 1. The highest BCUT2D eigenvalue weighted by Gasteiger charge is 2.33. The van der Waals surface area contributed by atoms with Crippen LogP contribution in [0, 0.1) is 10.1 Å². The normalized spacial score (nSPS) is 10.9. The molecule has 0 aromatic heterocycles. The first-order chi connectivity index (χ1) is 9.11.